The molecule has 0 aliphatic carbocycles. The first-order chi connectivity index (χ1) is 23.3. The predicted octanol–water partition coefficient (Wildman–Crippen LogP) is 9.60. The minimum absolute atomic E-state index is 0.0634. The highest BCUT2D eigenvalue weighted by Gasteiger charge is 2.23. The van der Waals surface area contributed by atoms with Crippen molar-refractivity contribution in [1.82, 2.24) is 5.32 Å². The van der Waals surface area contributed by atoms with E-state index in [9.17, 15) is 24.2 Å². The first kappa shape index (κ1) is 46.0. The summed E-state index contributed by atoms with van der Waals surface area (Å²) in [7, 11) is -4.41. The number of unbranched alkanes of at least 4 members (excludes halogenated alkanes) is 13. The summed E-state index contributed by atoms with van der Waals surface area (Å²) < 4.78 is 26.7. The highest BCUT2D eigenvalue weighted by molar-refractivity contribution is 7.47. The molecule has 0 heterocycles. The molecule has 48 heavy (non-hydrogen) atoms. The molecule has 278 valence electrons. The Morgan fingerprint density at radius 1 is 0.646 bits per heavy atom. The van der Waals surface area contributed by atoms with E-state index in [2.05, 4.69) is 67.8 Å². The molecule has 0 aromatic carbocycles. The van der Waals surface area contributed by atoms with Crippen LogP contribution in [0.4, 0.5) is 0 Å². The highest BCUT2D eigenvalue weighted by atomic mass is 31.2. The van der Waals surface area contributed by atoms with Gasteiger partial charge in [-0.2, -0.15) is 0 Å². The third-order valence-corrected chi connectivity index (χ3v) is 8.50. The monoisotopic (exact) mass is 697 g/mol. The molecule has 0 spiro atoms. The van der Waals surface area contributed by atoms with Gasteiger partial charge in [0.15, 0.2) is 0 Å². The van der Waals surface area contributed by atoms with E-state index in [0.29, 0.717) is 6.42 Å². The zero-order chi connectivity index (χ0) is 35.4. The standard InChI is InChI=1S/C38H68NO8P/c1-3-5-7-9-11-13-14-15-16-17-18-19-20-21-22-23-24-26-28-30-37(41)39-32-33-46-48(43,44)47-35-36(40)34-45-38(42)31-29-27-25-12-10-8-6-4-2/h11,13,15-16,18-19,21-22,36,40H,3-10,12,14,17,20,23-35H2,1-2H3,(H,39,41)(H,43,44)/b13-11-,16-15-,19-18-,22-21-. The van der Waals surface area contributed by atoms with Crippen LogP contribution in [0.15, 0.2) is 48.6 Å². The molecule has 3 N–H and O–H groups in total. The number of aliphatic hydroxyl groups excluding tert-OH is 1. The molecule has 1 amide bonds. The molecule has 0 aromatic rings. The number of ether oxygens (including phenoxy) is 1. The van der Waals surface area contributed by atoms with Gasteiger partial charge >= 0.3 is 13.8 Å². The Balaban J connectivity index is 3.70. The number of esters is 1. The van der Waals surface area contributed by atoms with Crippen LogP contribution in [0.25, 0.3) is 0 Å². The second-order valence-corrected chi connectivity index (χ2v) is 13.7. The lowest BCUT2D eigenvalue weighted by molar-refractivity contribution is -0.147. The summed E-state index contributed by atoms with van der Waals surface area (Å²) in [6.07, 6.45) is 37.7. The summed E-state index contributed by atoms with van der Waals surface area (Å²) in [6, 6.07) is 0. The average Bonchev–Trinajstić information content (AvgIpc) is 3.07. The van der Waals surface area contributed by atoms with Crippen molar-refractivity contribution in [3.63, 3.8) is 0 Å². The number of aliphatic hydroxyl groups is 1. The normalized spacial score (nSPS) is 14.0. The number of carbonyl (C=O) groups excluding carboxylic acids is 2. The molecule has 0 rings (SSSR count). The number of nitrogens with one attached hydrogen (secondary N) is 1. The Kier molecular flexibility index (Phi) is 33.3. The summed E-state index contributed by atoms with van der Waals surface area (Å²) in [6.45, 7) is 3.42. The van der Waals surface area contributed by atoms with Gasteiger partial charge in [0.2, 0.25) is 5.91 Å². The second kappa shape index (κ2) is 34.8. The molecular formula is C38H68NO8P. The maximum atomic E-state index is 12.0. The van der Waals surface area contributed by atoms with Crippen LogP contribution in [-0.2, 0) is 27.9 Å². The number of amides is 1. The SMILES string of the molecule is CCCCC/C=C\C/C=C\C/C=C\C/C=C\CCCCCC(=O)NCCOP(=O)(O)OCC(O)COC(=O)CCCCCCCCCC. The third kappa shape index (κ3) is 35.3. The molecule has 2 atom stereocenters. The van der Waals surface area contributed by atoms with Crippen LogP contribution in [-0.4, -0.2) is 54.3 Å². The van der Waals surface area contributed by atoms with Crippen molar-refractivity contribution in [2.24, 2.45) is 0 Å². The lowest BCUT2D eigenvalue weighted by atomic mass is 10.1. The first-order valence-corrected chi connectivity index (χ1v) is 20.1. The molecule has 2 unspecified atom stereocenters. The van der Waals surface area contributed by atoms with E-state index in [0.717, 1.165) is 64.2 Å². The first-order valence-electron chi connectivity index (χ1n) is 18.6. The van der Waals surface area contributed by atoms with Gasteiger partial charge in [-0.1, -0.05) is 127 Å². The van der Waals surface area contributed by atoms with E-state index < -0.39 is 26.5 Å². The van der Waals surface area contributed by atoms with Crippen LogP contribution in [0.5, 0.6) is 0 Å². The van der Waals surface area contributed by atoms with Crippen LogP contribution in [0, 0.1) is 0 Å². The van der Waals surface area contributed by atoms with Crippen LogP contribution in [0.2, 0.25) is 0 Å². The van der Waals surface area contributed by atoms with E-state index in [1.165, 1.54) is 57.8 Å². The maximum Gasteiger partial charge on any atom is 0.472 e. The van der Waals surface area contributed by atoms with Crippen molar-refractivity contribution >= 4 is 19.7 Å². The molecular weight excluding hydrogens is 629 g/mol. The molecule has 0 radical (unpaired) electrons. The van der Waals surface area contributed by atoms with Gasteiger partial charge in [0.1, 0.15) is 12.7 Å². The molecule has 0 saturated carbocycles. The quantitative estimate of drug-likeness (QED) is 0.0262. The number of hydrogen-bond donors (Lipinski definition) is 3. The molecule has 0 aliphatic heterocycles. The van der Waals surface area contributed by atoms with Crippen LogP contribution in [0.1, 0.15) is 149 Å². The Hall–Kier alpha value is -2.03. The van der Waals surface area contributed by atoms with E-state index in [1.807, 2.05) is 0 Å². The smallest absolute Gasteiger partial charge is 0.463 e. The van der Waals surface area contributed by atoms with Gasteiger partial charge in [0, 0.05) is 19.4 Å². The van der Waals surface area contributed by atoms with E-state index in [-0.39, 0.29) is 32.1 Å². The highest BCUT2D eigenvalue weighted by Crippen LogP contribution is 2.42. The summed E-state index contributed by atoms with van der Waals surface area (Å²) in [5.74, 6) is -0.556. The van der Waals surface area contributed by atoms with Gasteiger partial charge in [-0.3, -0.25) is 18.6 Å². The van der Waals surface area contributed by atoms with Crippen LogP contribution < -0.4 is 5.32 Å². The third-order valence-electron chi connectivity index (χ3n) is 7.51. The van der Waals surface area contributed by atoms with Crippen molar-refractivity contribution < 1.29 is 37.9 Å². The fourth-order valence-corrected chi connectivity index (χ4v) is 5.41. The van der Waals surface area contributed by atoms with Gasteiger partial charge in [0.05, 0.1) is 13.2 Å². The number of phosphoric ester groups is 1. The molecule has 9 nitrogen and oxygen atoms in total. The van der Waals surface area contributed by atoms with E-state index in [1.54, 1.807) is 0 Å². The second-order valence-electron chi connectivity index (χ2n) is 12.2. The Morgan fingerprint density at radius 2 is 1.12 bits per heavy atom. The Bertz CT molecular complexity index is 934. The summed E-state index contributed by atoms with van der Waals surface area (Å²) in [5, 5.41) is 12.6. The number of hydrogen-bond acceptors (Lipinski definition) is 7. The predicted molar refractivity (Wildman–Crippen MR) is 197 cm³/mol. The molecule has 0 fully saturated rings. The number of phosphoric acid groups is 1. The molecule has 0 bridgehead atoms. The van der Waals surface area contributed by atoms with Crippen LogP contribution >= 0.6 is 7.82 Å². The lowest BCUT2D eigenvalue weighted by Gasteiger charge is -2.15. The largest absolute Gasteiger partial charge is 0.472 e. The van der Waals surface area contributed by atoms with Gasteiger partial charge in [-0.15, -0.1) is 0 Å². The maximum absolute atomic E-state index is 12.0. The van der Waals surface area contributed by atoms with Gasteiger partial charge in [-0.05, 0) is 57.8 Å². The Morgan fingerprint density at radius 3 is 1.73 bits per heavy atom. The number of carbonyl (C=O) groups is 2. The molecule has 0 aliphatic rings. The van der Waals surface area contributed by atoms with Crippen molar-refractivity contribution in [1.29, 1.82) is 0 Å². The number of allylic oxidation sites excluding steroid dienone is 8. The molecule has 10 heteroatoms. The zero-order valence-electron chi connectivity index (χ0n) is 30.2. The van der Waals surface area contributed by atoms with Crippen molar-refractivity contribution in [2.75, 3.05) is 26.4 Å². The lowest BCUT2D eigenvalue weighted by Crippen LogP contribution is -2.27. The van der Waals surface area contributed by atoms with Gasteiger partial charge < -0.3 is 20.1 Å². The van der Waals surface area contributed by atoms with Crippen LogP contribution in [0.3, 0.4) is 0 Å². The van der Waals surface area contributed by atoms with Gasteiger partial charge in [0.25, 0.3) is 0 Å². The minimum Gasteiger partial charge on any atom is -0.463 e. The fourth-order valence-electron chi connectivity index (χ4n) is 4.66. The Labute approximate surface area is 292 Å². The summed E-state index contributed by atoms with van der Waals surface area (Å²) in [5.41, 5.74) is 0. The van der Waals surface area contributed by atoms with Crippen molar-refractivity contribution in [3.8, 4) is 0 Å². The average molecular weight is 698 g/mol. The fraction of sp³-hybridized carbons (Fsp3) is 0.737. The van der Waals surface area contributed by atoms with Crippen molar-refractivity contribution in [2.45, 2.75) is 155 Å². The topological polar surface area (TPSA) is 131 Å². The molecule has 0 aromatic heterocycles. The molecule has 0 saturated heterocycles. The number of rotatable bonds is 34. The summed E-state index contributed by atoms with van der Waals surface area (Å²) in [4.78, 5) is 33.6. The van der Waals surface area contributed by atoms with E-state index >= 15 is 0 Å². The minimum atomic E-state index is -4.41. The van der Waals surface area contributed by atoms with Gasteiger partial charge in [-0.25, -0.2) is 4.57 Å². The van der Waals surface area contributed by atoms with E-state index in [4.69, 9.17) is 13.8 Å². The zero-order valence-corrected chi connectivity index (χ0v) is 31.1. The van der Waals surface area contributed by atoms with Crippen molar-refractivity contribution in [3.05, 3.63) is 48.6 Å². The summed E-state index contributed by atoms with van der Waals surface area (Å²) >= 11 is 0.